The van der Waals surface area contributed by atoms with Crippen molar-refractivity contribution in [1.82, 2.24) is 15.0 Å². The Morgan fingerprint density at radius 1 is 1.42 bits per heavy atom. The first-order valence-corrected chi connectivity index (χ1v) is 9.16. The summed E-state index contributed by atoms with van der Waals surface area (Å²) in [6, 6.07) is 9.85. The minimum Gasteiger partial charge on any atom is -0.360 e. The molecule has 1 amide bonds. The Morgan fingerprint density at radius 3 is 3.08 bits per heavy atom. The van der Waals surface area contributed by atoms with Crippen LogP contribution in [-0.2, 0) is 11.2 Å². The van der Waals surface area contributed by atoms with Gasteiger partial charge in [0.1, 0.15) is 10.8 Å². The van der Waals surface area contributed by atoms with Crippen molar-refractivity contribution < 1.29 is 9.32 Å². The van der Waals surface area contributed by atoms with Crippen molar-refractivity contribution in [2.75, 3.05) is 6.54 Å². The number of likely N-dealkylation sites (tertiary alicyclic amines) is 1. The van der Waals surface area contributed by atoms with Crippen molar-refractivity contribution in [3.63, 3.8) is 0 Å². The largest absolute Gasteiger partial charge is 0.360 e. The van der Waals surface area contributed by atoms with E-state index in [0.29, 0.717) is 23.8 Å². The molecular formula is C17H16ClN3O2S. The van der Waals surface area contributed by atoms with Gasteiger partial charge in [-0.05, 0) is 25.0 Å². The van der Waals surface area contributed by atoms with Gasteiger partial charge in [-0.15, -0.1) is 11.3 Å². The van der Waals surface area contributed by atoms with E-state index in [2.05, 4.69) is 11.2 Å². The van der Waals surface area contributed by atoms with E-state index in [-0.39, 0.29) is 11.9 Å². The van der Waals surface area contributed by atoms with Crippen LogP contribution >= 0.6 is 22.9 Å². The molecule has 2 aromatic heterocycles. The number of hydrogen-bond acceptors (Lipinski definition) is 5. The third-order valence-electron chi connectivity index (χ3n) is 4.28. The number of hydrogen-bond donors (Lipinski definition) is 0. The van der Waals surface area contributed by atoms with Crippen LogP contribution in [0.5, 0.6) is 0 Å². The SMILES string of the molecule is O=C(CCc1cc(Cl)no1)N1CCC[C@@H]1c1nc2ccccc2s1. The summed E-state index contributed by atoms with van der Waals surface area (Å²) in [7, 11) is 0. The van der Waals surface area contributed by atoms with Gasteiger partial charge in [-0.3, -0.25) is 4.79 Å². The fourth-order valence-electron chi connectivity index (χ4n) is 3.13. The molecule has 0 aliphatic carbocycles. The van der Waals surface area contributed by atoms with Gasteiger partial charge >= 0.3 is 0 Å². The summed E-state index contributed by atoms with van der Waals surface area (Å²) in [5, 5.41) is 4.99. The number of benzene rings is 1. The third-order valence-corrected chi connectivity index (χ3v) is 5.60. The molecule has 24 heavy (non-hydrogen) atoms. The van der Waals surface area contributed by atoms with Crippen molar-refractivity contribution in [1.29, 1.82) is 0 Å². The van der Waals surface area contributed by atoms with E-state index >= 15 is 0 Å². The van der Waals surface area contributed by atoms with E-state index in [1.807, 2.05) is 23.1 Å². The van der Waals surface area contributed by atoms with Crippen LogP contribution in [0.4, 0.5) is 0 Å². The van der Waals surface area contributed by atoms with Crippen LogP contribution in [-0.4, -0.2) is 27.5 Å². The maximum absolute atomic E-state index is 12.6. The smallest absolute Gasteiger partial charge is 0.223 e. The number of aromatic nitrogens is 2. The van der Waals surface area contributed by atoms with Crippen molar-refractivity contribution in [3.8, 4) is 0 Å². The number of nitrogens with zero attached hydrogens (tertiary/aromatic N) is 3. The highest BCUT2D eigenvalue weighted by molar-refractivity contribution is 7.18. The van der Waals surface area contributed by atoms with Crippen molar-refractivity contribution >= 4 is 39.1 Å². The second-order valence-corrected chi connectivity index (χ2v) is 7.33. The fourth-order valence-corrected chi connectivity index (χ4v) is 4.41. The number of amides is 1. The quantitative estimate of drug-likeness (QED) is 0.697. The molecule has 5 nitrogen and oxygen atoms in total. The summed E-state index contributed by atoms with van der Waals surface area (Å²) >= 11 is 7.42. The molecule has 1 saturated heterocycles. The Morgan fingerprint density at radius 2 is 2.29 bits per heavy atom. The maximum atomic E-state index is 12.6. The summed E-state index contributed by atoms with van der Waals surface area (Å²) in [4.78, 5) is 19.3. The lowest BCUT2D eigenvalue weighted by atomic mass is 10.2. The predicted molar refractivity (Wildman–Crippen MR) is 93.1 cm³/mol. The van der Waals surface area contributed by atoms with E-state index in [1.54, 1.807) is 17.4 Å². The van der Waals surface area contributed by atoms with E-state index < -0.39 is 0 Å². The average molecular weight is 362 g/mol. The predicted octanol–water partition coefficient (Wildman–Crippen LogP) is 4.23. The number of carbonyl (C=O) groups is 1. The minimum absolute atomic E-state index is 0.0909. The minimum atomic E-state index is 0.0909. The number of thiazole rings is 1. The number of para-hydroxylation sites is 1. The highest BCUT2D eigenvalue weighted by Crippen LogP contribution is 2.36. The molecule has 1 atom stereocenters. The number of rotatable bonds is 4. The molecule has 0 spiro atoms. The van der Waals surface area contributed by atoms with Gasteiger partial charge in [0.15, 0.2) is 5.15 Å². The standard InChI is InChI=1S/C17H16ClN3O2S/c18-15-10-11(23-20-15)7-8-16(22)21-9-3-5-13(21)17-19-12-4-1-2-6-14(12)24-17/h1-2,4,6,10,13H,3,5,7-9H2/t13-/m1/s1. The zero-order valence-corrected chi connectivity index (χ0v) is 14.5. The summed E-state index contributed by atoms with van der Waals surface area (Å²) < 4.78 is 6.24. The molecule has 0 radical (unpaired) electrons. The average Bonchev–Trinajstić information content (AvgIpc) is 3.30. The molecule has 1 fully saturated rings. The van der Waals surface area contributed by atoms with Gasteiger partial charge in [-0.2, -0.15) is 0 Å². The van der Waals surface area contributed by atoms with Crippen molar-refractivity contribution in [3.05, 3.63) is 46.3 Å². The third kappa shape index (κ3) is 3.03. The molecule has 0 N–H and O–H groups in total. The van der Waals surface area contributed by atoms with E-state index in [4.69, 9.17) is 21.1 Å². The highest BCUT2D eigenvalue weighted by Gasteiger charge is 2.32. The zero-order valence-electron chi connectivity index (χ0n) is 12.9. The lowest BCUT2D eigenvalue weighted by molar-refractivity contribution is -0.132. The van der Waals surface area contributed by atoms with E-state index in [1.165, 1.54) is 4.70 Å². The zero-order chi connectivity index (χ0) is 16.5. The topological polar surface area (TPSA) is 59.2 Å². The highest BCUT2D eigenvalue weighted by atomic mass is 35.5. The summed E-state index contributed by atoms with van der Waals surface area (Å²) in [6.07, 6.45) is 2.90. The van der Waals surface area contributed by atoms with Crippen LogP contribution in [0.25, 0.3) is 10.2 Å². The van der Waals surface area contributed by atoms with Crippen LogP contribution in [0.1, 0.15) is 36.1 Å². The first-order chi connectivity index (χ1) is 11.7. The summed E-state index contributed by atoms with van der Waals surface area (Å²) in [5.41, 5.74) is 1.01. The van der Waals surface area contributed by atoms with Gasteiger partial charge in [0.05, 0.1) is 16.3 Å². The maximum Gasteiger partial charge on any atom is 0.223 e. The molecular weight excluding hydrogens is 346 g/mol. The van der Waals surface area contributed by atoms with Gasteiger partial charge in [0, 0.05) is 25.5 Å². The molecule has 1 aromatic carbocycles. The fraction of sp³-hybridized carbons (Fsp3) is 0.353. The van der Waals surface area contributed by atoms with E-state index in [0.717, 1.165) is 29.9 Å². The summed E-state index contributed by atoms with van der Waals surface area (Å²) in [5.74, 6) is 0.772. The lowest BCUT2D eigenvalue weighted by Gasteiger charge is -2.22. The number of fused-ring (bicyclic) bond motifs is 1. The Labute approximate surface area is 148 Å². The van der Waals surface area contributed by atoms with Crippen LogP contribution in [0, 0.1) is 0 Å². The Bertz CT molecular complexity index is 842. The van der Waals surface area contributed by atoms with Crippen LogP contribution in [0.2, 0.25) is 5.15 Å². The number of aryl methyl sites for hydroxylation is 1. The van der Waals surface area contributed by atoms with Gasteiger partial charge in [-0.25, -0.2) is 4.98 Å². The molecule has 3 aromatic rings. The van der Waals surface area contributed by atoms with Gasteiger partial charge < -0.3 is 9.42 Å². The summed E-state index contributed by atoms with van der Waals surface area (Å²) in [6.45, 7) is 0.788. The van der Waals surface area contributed by atoms with Crippen molar-refractivity contribution in [2.45, 2.75) is 31.7 Å². The van der Waals surface area contributed by atoms with Crippen LogP contribution in [0.15, 0.2) is 34.9 Å². The van der Waals surface area contributed by atoms with Gasteiger partial charge in [0.25, 0.3) is 0 Å². The normalized spacial score (nSPS) is 17.7. The number of halogens is 1. The molecule has 1 aliphatic rings. The Kier molecular flexibility index (Phi) is 4.24. The second kappa shape index (κ2) is 6.53. The molecule has 7 heteroatoms. The first kappa shape index (κ1) is 15.6. The first-order valence-electron chi connectivity index (χ1n) is 7.97. The Hall–Kier alpha value is -1.92. The van der Waals surface area contributed by atoms with Gasteiger partial charge in [-0.1, -0.05) is 28.9 Å². The monoisotopic (exact) mass is 361 g/mol. The van der Waals surface area contributed by atoms with Crippen LogP contribution in [0.3, 0.4) is 0 Å². The molecule has 4 rings (SSSR count). The molecule has 0 saturated carbocycles. The van der Waals surface area contributed by atoms with Crippen LogP contribution < -0.4 is 0 Å². The molecule has 0 unspecified atom stereocenters. The molecule has 0 bridgehead atoms. The number of carbonyl (C=O) groups excluding carboxylic acids is 1. The molecule has 124 valence electrons. The van der Waals surface area contributed by atoms with Crippen molar-refractivity contribution in [2.24, 2.45) is 0 Å². The molecule has 3 heterocycles. The molecule has 1 aliphatic heterocycles. The second-order valence-electron chi connectivity index (χ2n) is 5.88. The van der Waals surface area contributed by atoms with Gasteiger partial charge in [0.2, 0.25) is 5.91 Å². The Balaban J connectivity index is 1.48. The lowest BCUT2D eigenvalue weighted by Crippen LogP contribution is -2.30. The van der Waals surface area contributed by atoms with E-state index in [9.17, 15) is 4.79 Å².